The fraction of sp³-hybridized carbons (Fsp3) is 0.421. The number of sulfone groups is 1. The highest BCUT2D eigenvalue weighted by Crippen LogP contribution is 2.39. The van der Waals surface area contributed by atoms with Gasteiger partial charge in [-0.3, -0.25) is 4.68 Å². The fourth-order valence-electron chi connectivity index (χ4n) is 4.31. The van der Waals surface area contributed by atoms with E-state index in [1.165, 1.54) is 39.2 Å². The van der Waals surface area contributed by atoms with Gasteiger partial charge >= 0.3 is 0 Å². The maximum atomic E-state index is 12.8. The Bertz CT molecular complexity index is 1150. The third-order valence-corrected chi connectivity index (χ3v) is 7.11. The number of H-pyrrole nitrogens is 1. The Balaban J connectivity index is 1.46. The second kappa shape index (κ2) is 6.96. The van der Waals surface area contributed by atoms with Gasteiger partial charge in [0, 0.05) is 11.9 Å². The van der Waals surface area contributed by atoms with Gasteiger partial charge in [-0.15, -0.1) is 5.10 Å². The zero-order valence-electron chi connectivity index (χ0n) is 15.8. The lowest BCUT2D eigenvalue weighted by atomic mass is 9.99. The molecule has 29 heavy (non-hydrogen) atoms. The topological polar surface area (TPSA) is 126 Å². The number of fused-ring (bicyclic) bond motifs is 2. The van der Waals surface area contributed by atoms with Gasteiger partial charge in [-0.1, -0.05) is 6.07 Å². The number of aromatic nitrogens is 5. The van der Waals surface area contributed by atoms with E-state index in [0.717, 1.165) is 44.2 Å². The Morgan fingerprint density at radius 1 is 1.14 bits per heavy atom. The molecule has 0 aliphatic heterocycles. The molecule has 0 saturated carbocycles. The molecule has 0 radical (unpaired) electrons. The first-order valence-electron chi connectivity index (χ1n) is 9.81. The number of aliphatic hydroxyl groups is 1. The number of hydrogen-bond acceptors (Lipinski definition) is 7. The van der Waals surface area contributed by atoms with Crippen molar-refractivity contribution in [1.29, 1.82) is 0 Å². The van der Waals surface area contributed by atoms with Gasteiger partial charge in [0.2, 0.25) is 5.95 Å². The van der Waals surface area contributed by atoms with Crippen molar-refractivity contribution >= 4 is 21.5 Å². The lowest BCUT2D eigenvalue weighted by Crippen LogP contribution is -2.08. The molecule has 3 aromatic rings. The zero-order valence-corrected chi connectivity index (χ0v) is 16.7. The van der Waals surface area contributed by atoms with E-state index in [-0.39, 0.29) is 29.3 Å². The van der Waals surface area contributed by atoms with Gasteiger partial charge in [0.15, 0.2) is 5.03 Å². The molecule has 5 rings (SSSR count). The molecule has 2 aliphatic carbocycles. The number of hydrogen-bond donors (Lipinski definition) is 3. The van der Waals surface area contributed by atoms with Crippen molar-refractivity contribution in [3.05, 3.63) is 40.6 Å². The van der Waals surface area contributed by atoms with Crippen LogP contribution in [0.4, 0.5) is 11.6 Å². The molecule has 0 spiro atoms. The molecule has 152 valence electrons. The van der Waals surface area contributed by atoms with E-state index in [1.54, 1.807) is 0 Å². The van der Waals surface area contributed by atoms with Crippen LogP contribution in [0, 0.1) is 0 Å². The normalized spacial score (nSPS) is 15.5. The monoisotopic (exact) mass is 414 g/mol. The molecule has 0 saturated heterocycles. The molecule has 1 aromatic carbocycles. The number of aliphatic hydroxyl groups excluding tert-OH is 1. The average Bonchev–Trinajstić information content (AvgIpc) is 3.48. The third kappa shape index (κ3) is 3.12. The largest absolute Gasteiger partial charge is 0.394 e. The molecular formula is C19H22N6O3S. The van der Waals surface area contributed by atoms with Crippen LogP contribution in [0.3, 0.4) is 0 Å². The van der Waals surface area contributed by atoms with Crippen LogP contribution in [0.1, 0.15) is 35.1 Å². The summed E-state index contributed by atoms with van der Waals surface area (Å²) in [4.78, 5) is 4.20. The summed E-state index contributed by atoms with van der Waals surface area (Å²) >= 11 is 0. The van der Waals surface area contributed by atoms with Gasteiger partial charge in [-0.05, 0) is 66.8 Å². The van der Waals surface area contributed by atoms with Crippen LogP contribution >= 0.6 is 0 Å². The highest BCUT2D eigenvalue weighted by atomic mass is 32.2. The highest BCUT2D eigenvalue weighted by Gasteiger charge is 2.27. The molecule has 10 heteroatoms. The van der Waals surface area contributed by atoms with E-state index >= 15 is 0 Å². The van der Waals surface area contributed by atoms with E-state index in [4.69, 9.17) is 5.11 Å². The van der Waals surface area contributed by atoms with Crippen LogP contribution in [0.5, 0.6) is 0 Å². The zero-order chi connectivity index (χ0) is 20.0. The molecule has 0 bridgehead atoms. The number of aromatic amines is 1. The van der Waals surface area contributed by atoms with Crippen molar-refractivity contribution in [3.63, 3.8) is 0 Å². The predicted octanol–water partition coefficient (Wildman–Crippen LogP) is 1.55. The van der Waals surface area contributed by atoms with Crippen molar-refractivity contribution in [1.82, 2.24) is 25.0 Å². The lowest BCUT2D eigenvalue weighted by molar-refractivity contribution is 0.268. The van der Waals surface area contributed by atoms with Crippen LogP contribution in [-0.2, 0) is 42.1 Å². The Morgan fingerprint density at radius 3 is 2.55 bits per heavy atom. The molecule has 2 aromatic heterocycles. The van der Waals surface area contributed by atoms with Crippen molar-refractivity contribution in [2.24, 2.45) is 0 Å². The summed E-state index contributed by atoms with van der Waals surface area (Å²) in [6, 6.07) is 3.73. The average molecular weight is 414 g/mol. The number of benzene rings is 1. The summed E-state index contributed by atoms with van der Waals surface area (Å²) in [5.74, 6) is 0.243. The molecule has 0 fully saturated rings. The van der Waals surface area contributed by atoms with Gasteiger partial charge < -0.3 is 10.4 Å². The molecule has 2 aliphatic rings. The molecule has 0 unspecified atom stereocenters. The first-order valence-corrected chi connectivity index (χ1v) is 11.3. The summed E-state index contributed by atoms with van der Waals surface area (Å²) in [6.07, 6.45) is 7.98. The smallest absolute Gasteiger partial charge is 0.260 e. The van der Waals surface area contributed by atoms with Gasteiger partial charge in [0.05, 0.1) is 13.2 Å². The lowest BCUT2D eigenvalue weighted by Gasteiger charge is -2.15. The summed E-state index contributed by atoms with van der Waals surface area (Å²) in [5.41, 5.74) is 6.43. The molecule has 0 atom stereocenters. The van der Waals surface area contributed by atoms with Gasteiger partial charge in [0.1, 0.15) is 0 Å². The van der Waals surface area contributed by atoms with Crippen LogP contribution in [0.15, 0.2) is 28.5 Å². The molecular weight excluding hydrogens is 392 g/mol. The van der Waals surface area contributed by atoms with Crippen molar-refractivity contribution in [3.8, 4) is 0 Å². The quantitative estimate of drug-likeness (QED) is 0.559. The SMILES string of the molecule is O=S(=O)(c1ccn(CCO)n1)c1nc(Nc2c3c(cc4c2CCC4)CCC3)n[nH]1. The predicted molar refractivity (Wildman–Crippen MR) is 105 cm³/mol. The van der Waals surface area contributed by atoms with Crippen LogP contribution in [0.25, 0.3) is 0 Å². The third-order valence-electron chi connectivity index (χ3n) is 5.65. The van der Waals surface area contributed by atoms with Crippen LogP contribution in [-0.4, -0.2) is 45.1 Å². The number of aryl methyl sites for hydroxylation is 2. The van der Waals surface area contributed by atoms with E-state index in [9.17, 15) is 8.42 Å². The number of nitrogens with one attached hydrogen (secondary N) is 2. The van der Waals surface area contributed by atoms with Gasteiger partial charge in [-0.25, -0.2) is 13.5 Å². The fourth-order valence-corrected chi connectivity index (χ4v) is 5.34. The van der Waals surface area contributed by atoms with Crippen molar-refractivity contribution in [2.45, 2.75) is 55.3 Å². The number of rotatable bonds is 6. The molecule has 0 amide bonds. The summed E-state index contributed by atoms with van der Waals surface area (Å²) in [6.45, 7) is 0.103. The van der Waals surface area contributed by atoms with E-state index in [0.29, 0.717) is 0 Å². The standard InChI is InChI=1S/C19H22N6O3S/c26-10-9-25-8-7-16(24-25)29(27,28)19-21-18(22-23-19)20-17-14-5-1-3-12(14)11-13-4-2-6-15(13)17/h7-8,11,26H,1-6,9-10H2,(H2,20,21,22,23). The maximum absolute atomic E-state index is 12.8. The Kier molecular flexibility index (Phi) is 4.39. The van der Waals surface area contributed by atoms with Crippen LogP contribution < -0.4 is 5.32 Å². The molecule has 9 nitrogen and oxygen atoms in total. The minimum atomic E-state index is -3.91. The van der Waals surface area contributed by atoms with Crippen molar-refractivity contribution < 1.29 is 13.5 Å². The Hall–Kier alpha value is -2.72. The minimum Gasteiger partial charge on any atom is -0.394 e. The highest BCUT2D eigenvalue weighted by molar-refractivity contribution is 7.91. The van der Waals surface area contributed by atoms with Crippen LogP contribution in [0.2, 0.25) is 0 Å². The summed E-state index contributed by atoms with van der Waals surface area (Å²) in [7, 11) is -3.91. The second-order valence-corrected chi connectivity index (χ2v) is 9.28. The minimum absolute atomic E-state index is 0.122. The Morgan fingerprint density at radius 2 is 1.86 bits per heavy atom. The van der Waals surface area contributed by atoms with E-state index in [1.807, 2.05) is 0 Å². The maximum Gasteiger partial charge on any atom is 0.260 e. The number of nitrogens with zero attached hydrogens (tertiary/aromatic N) is 4. The molecule has 3 N–H and O–H groups in total. The first-order chi connectivity index (χ1) is 14.1. The van der Waals surface area contributed by atoms with Gasteiger partial charge in [0.25, 0.3) is 15.0 Å². The Labute approximate surface area is 168 Å². The summed E-state index contributed by atoms with van der Waals surface area (Å²) < 4.78 is 27.0. The summed E-state index contributed by atoms with van der Waals surface area (Å²) in [5, 5.41) is 22.5. The van der Waals surface area contributed by atoms with Crippen molar-refractivity contribution in [2.75, 3.05) is 11.9 Å². The second-order valence-electron chi connectivity index (χ2n) is 7.47. The first kappa shape index (κ1) is 18.3. The molecule has 2 heterocycles. The number of anilines is 2. The van der Waals surface area contributed by atoms with Gasteiger partial charge in [-0.2, -0.15) is 10.1 Å². The van der Waals surface area contributed by atoms with E-state index in [2.05, 4.69) is 31.7 Å². The van der Waals surface area contributed by atoms with E-state index < -0.39 is 9.84 Å².